The highest BCUT2D eigenvalue weighted by molar-refractivity contribution is 5.15. The van der Waals surface area contributed by atoms with E-state index in [-0.39, 0.29) is 0 Å². The van der Waals surface area contributed by atoms with E-state index in [4.69, 9.17) is 5.11 Å². The molecule has 0 radical (unpaired) electrons. The van der Waals surface area contributed by atoms with Crippen LogP contribution in [-0.2, 0) is 6.54 Å². The predicted octanol–water partition coefficient (Wildman–Crippen LogP) is 1.36. The number of aliphatic hydroxyl groups excluding tert-OH is 1. The van der Waals surface area contributed by atoms with Crippen molar-refractivity contribution in [1.29, 1.82) is 0 Å². The first-order chi connectivity index (χ1) is 7.38. The first-order valence-electron chi connectivity index (χ1n) is 5.75. The molecule has 1 saturated heterocycles. The fourth-order valence-electron chi connectivity index (χ4n) is 2.98. The second-order valence-electron chi connectivity index (χ2n) is 4.85. The van der Waals surface area contributed by atoms with Crippen LogP contribution < -0.4 is 0 Å². The van der Waals surface area contributed by atoms with Crippen molar-refractivity contribution in [2.45, 2.75) is 6.54 Å². The molecule has 0 aromatic heterocycles. The quantitative estimate of drug-likeness (QED) is 0.801. The van der Waals surface area contributed by atoms with Crippen molar-refractivity contribution in [1.82, 2.24) is 4.90 Å². The topological polar surface area (TPSA) is 23.5 Å². The number of piperidine rings is 1. The van der Waals surface area contributed by atoms with Crippen molar-refractivity contribution in [2.24, 2.45) is 17.8 Å². The molecule has 3 rings (SSSR count). The van der Waals surface area contributed by atoms with Gasteiger partial charge >= 0.3 is 0 Å². The van der Waals surface area contributed by atoms with Crippen molar-refractivity contribution in [2.75, 3.05) is 19.7 Å². The maximum absolute atomic E-state index is 9.07. The van der Waals surface area contributed by atoms with E-state index in [2.05, 4.69) is 35.2 Å². The molecule has 1 aliphatic heterocycles. The molecule has 1 saturated carbocycles. The van der Waals surface area contributed by atoms with E-state index in [1.807, 2.05) is 0 Å². The van der Waals surface area contributed by atoms with Gasteiger partial charge in [-0.25, -0.2) is 0 Å². The molecule has 1 heterocycles. The van der Waals surface area contributed by atoms with Crippen LogP contribution >= 0.6 is 0 Å². The highest BCUT2D eigenvalue weighted by Crippen LogP contribution is 2.51. The molecule has 1 N–H and O–H groups in total. The lowest BCUT2D eigenvalue weighted by molar-refractivity contribution is 0.217. The Morgan fingerprint density at radius 2 is 1.80 bits per heavy atom. The van der Waals surface area contributed by atoms with Crippen LogP contribution in [0.5, 0.6) is 0 Å². The summed E-state index contributed by atoms with van der Waals surface area (Å²) in [5, 5.41) is 9.07. The number of aliphatic hydroxyl groups is 1. The number of benzene rings is 1. The Labute approximate surface area is 90.5 Å². The van der Waals surface area contributed by atoms with E-state index in [0.717, 1.165) is 18.4 Å². The minimum Gasteiger partial charge on any atom is -0.396 e. The Morgan fingerprint density at radius 1 is 1.13 bits per heavy atom. The SMILES string of the molecule is OC[C@@H]1[C@H]2CN(Cc3ccccc3)C[C@@H]12. The van der Waals surface area contributed by atoms with Crippen molar-refractivity contribution < 1.29 is 5.11 Å². The van der Waals surface area contributed by atoms with E-state index >= 15 is 0 Å². The number of fused-ring (bicyclic) bond motifs is 1. The van der Waals surface area contributed by atoms with Crippen LogP contribution in [0.4, 0.5) is 0 Å². The van der Waals surface area contributed by atoms with Gasteiger partial charge < -0.3 is 5.11 Å². The average molecular weight is 203 g/mol. The van der Waals surface area contributed by atoms with Crippen LogP contribution in [0.3, 0.4) is 0 Å². The lowest BCUT2D eigenvalue weighted by atomic mass is 10.2. The number of hydrogen-bond donors (Lipinski definition) is 1. The Bertz CT molecular complexity index is 326. The zero-order valence-electron chi connectivity index (χ0n) is 8.84. The first kappa shape index (κ1) is 9.37. The summed E-state index contributed by atoms with van der Waals surface area (Å²) in [4.78, 5) is 2.51. The summed E-state index contributed by atoms with van der Waals surface area (Å²) in [6, 6.07) is 10.6. The van der Waals surface area contributed by atoms with Gasteiger partial charge in [-0.15, -0.1) is 0 Å². The van der Waals surface area contributed by atoms with Gasteiger partial charge in [0, 0.05) is 26.2 Å². The fraction of sp³-hybridized carbons (Fsp3) is 0.538. The number of nitrogens with zero attached hydrogens (tertiary/aromatic N) is 1. The molecule has 0 amide bonds. The van der Waals surface area contributed by atoms with E-state index in [0.29, 0.717) is 12.5 Å². The monoisotopic (exact) mass is 203 g/mol. The second kappa shape index (κ2) is 3.62. The van der Waals surface area contributed by atoms with Crippen LogP contribution in [0.15, 0.2) is 30.3 Å². The van der Waals surface area contributed by atoms with Crippen molar-refractivity contribution >= 4 is 0 Å². The molecular weight excluding hydrogens is 186 g/mol. The summed E-state index contributed by atoms with van der Waals surface area (Å²) in [5.74, 6) is 2.20. The van der Waals surface area contributed by atoms with E-state index < -0.39 is 0 Å². The molecule has 80 valence electrons. The molecule has 1 aromatic carbocycles. The smallest absolute Gasteiger partial charge is 0.0465 e. The molecule has 0 unspecified atom stereocenters. The number of hydrogen-bond acceptors (Lipinski definition) is 2. The number of rotatable bonds is 3. The highest BCUT2D eigenvalue weighted by Gasteiger charge is 2.54. The second-order valence-corrected chi connectivity index (χ2v) is 4.85. The van der Waals surface area contributed by atoms with Crippen LogP contribution in [0, 0.1) is 17.8 Å². The summed E-state index contributed by atoms with van der Waals surface area (Å²) >= 11 is 0. The zero-order chi connectivity index (χ0) is 10.3. The molecule has 2 fully saturated rings. The van der Waals surface area contributed by atoms with Gasteiger partial charge in [0.1, 0.15) is 0 Å². The largest absolute Gasteiger partial charge is 0.396 e. The lowest BCUT2D eigenvalue weighted by Gasteiger charge is -2.18. The van der Waals surface area contributed by atoms with Gasteiger partial charge in [-0.3, -0.25) is 4.90 Å². The van der Waals surface area contributed by atoms with E-state index in [1.54, 1.807) is 0 Å². The third-order valence-electron chi connectivity index (χ3n) is 3.91. The fourth-order valence-corrected chi connectivity index (χ4v) is 2.98. The summed E-state index contributed by atoms with van der Waals surface area (Å²) in [5.41, 5.74) is 1.40. The van der Waals surface area contributed by atoms with Crippen LogP contribution in [0.1, 0.15) is 5.56 Å². The van der Waals surface area contributed by atoms with Gasteiger partial charge in [0.15, 0.2) is 0 Å². The molecular formula is C13H17NO. The maximum Gasteiger partial charge on any atom is 0.0465 e. The Hall–Kier alpha value is -0.860. The average Bonchev–Trinajstić information content (AvgIpc) is 2.75. The molecule has 2 nitrogen and oxygen atoms in total. The van der Waals surface area contributed by atoms with Crippen molar-refractivity contribution in [3.63, 3.8) is 0 Å². The zero-order valence-corrected chi connectivity index (χ0v) is 8.84. The first-order valence-corrected chi connectivity index (χ1v) is 5.75. The van der Waals surface area contributed by atoms with E-state index in [1.165, 1.54) is 18.7 Å². The van der Waals surface area contributed by atoms with Gasteiger partial charge in [0.05, 0.1) is 0 Å². The minimum atomic E-state index is 0.397. The normalized spacial score (nSPS) is 34.1. The van der Waals surface area contributed by atoms with Crippen molar-refractivity contribution in [3.05, 3.63) is 35.9 Å². The molecule has 2 aliphatic rings. The maximum atomic E-state index is 9.07. The highest BCUT2D eigenvalue weighted by atomic mass is 16.3. The predicted molar refractivity (Wildman–Crippen MR) is 59.3 cm³/mol. The van der Waals surface area contributed by atoms with Crippen LogP contribution in [-0.4, -0.2) is 29.7 Å². The van der Waals surface area contributed by atoms with Crippen LogP contribution in [0.25, 0.3) is 0 Å². The van der Waals surface area contributed by atoms with Crippen LogP contribution in [0.2, 0.25) is 0 Å². The van der Waals surface area contributed by atoms with Gasteiger partial charge in [-0.05, 0) is 23.3 Å². The summed E-state index contributed by atoms with van der Waals surface area (Å²) in [6.45, 7) is 3.84. The minimum absolute atomic E-state index is 0.397. The van der Waals surface area contributed by atoms with Crippen molar-refractivity contribution in [3.8, 4) is 0 Å². The van der Waals surface area contributed by atoms with E-state index in [9.17, 15) is 0 Å². The van der Waals surface area contributed by atoms with Gasteiger partial charge in [0.25, 0.3) is 0 Å². The summed E-state index contributed by atoms with van der Waals surface area (Å²) < 4.78 is 0. The molecule has 0 spiro atoms. The van der Waals surface area contributed by atoms with Gasteiger partial charge in [-0.2, -0.15) is 0 Å². The molecule has 3 atom stereocenters. The lowest BCUT2D eigenvalue weighted by Crippen LogP contribution is -2.24. The summed E-state index contributed by atoms with van der Waals surface area (Å²) in [6.07, 6.45) is 0. The molecule has 1 aromatic rings. The Kier molecular flexibility index (Phi) is 2.26. The number of likely N-dealkylation sites (tertiary alicyclic amines) is 1. The third-order valence-corrected chi connectivity index (χ3v) is 3.91. The summed E-state index contributed by atoms with van der Waals surface area (Å²) in [7, 11) is 0. The molecule has 0 bridgehead atoms. The molecule has 1 aliphatic carbocycles. The third kappa shape index (κ3) is 1.68. The molecule has 2 heteroatoms. The Balaban J connectivity index is 1.56. The van der Waals surface area contributed by atoms with Gasteiger partial charge in [0.2, 0.25) is 0 Å². The standard InChI is InChI=1S/C13H17NO/c15-9-13-11-7-14(8-12(11)13)6-10-4-2-1-3-5-10/h1-5,11-13,15H,6-9H2/t11-,12+,13+. The Morgan fingerprint density at radius 3 is 2.40 bits per heavy atom. The molecule has 15 heavy (non-hydrogen) atoms. The van der Waals surface area contributed by atoms with Gasteiger partial charge in [-0.1, -0.05) is 30.3 Å².